The van der Waals surface area contributed by atoms with Gasteiger partial charge in [0, 0.05) is 24.2 Å². The second-order valence-corrected chi connectivity index (χ2v) is 6.74. The lowest BCUT2D eigenvalue weighted by Gasteiger charge is -2.29. The van der Waals surface area contributed by atoms with E-state index in [1.54, 1.807) is 11.3 Å². The van der Waals surface area contributed by atoms with Crippen molar-refractivity contribution >= 4 is 11.3 Å². The Balaban J connectivity index is 1.59. The number of aliphatic hydroxyl groups is 1. The van der Waals surface area contributed by atoms with Crippen LogP contribution in [-0.2, 0) is 11.3 Å². The second kappa shape index (κ2) is 8.08. The molecule has 0 saturated heterocycles. The van der Waals surface area contributed by atoms with Crippen LogP contribution in [0.25, 0.3) is 0 Å². The quantitative estimate of drug-likeness (QED) is 0.812. The van der Waals surface area contributed by atoms with Gasteiger partial charge in [0.1, 0.15) is 5.01 Å². The Labute approximate surface area is 125 Å². The molecular weight excluding hydrogens is 272 g/mol. The van der Waals surface area contributed by atoms with Gasteiger partial charge in [-0.3, -0.25) is 0 Å². The van der Waals surface area contributed by atoms with Gasteiger partial charge in [0.25, 0.3) is 0 Å². The number of thiazole rings is 1. The van der Waals surface area contributed by atoms with Gasteiger partial charge in [-0.05, 0) is 25.7 Å². The molecule has 0 radical (unpaired) electrons. The lowest BCUT2D eigenvalue weighted by Crippen LogP contribution is -2.34. The third-order valence-corrected chi connectivity index (χ3v) is 4.82. The molecule has 0 bridgehead atoms. The first kappa shape index (κ1) is 15.9. The van der Waals surface area contributed by atoms with Crippen LogP contribution in [0.3, 0.4) is 0 Å². The van der Waals surface area contributed by atoms with E-state index in [1.165, 1.54) is 19.3 Å². The number of rotatable bonds is 7. The normalized spacial score (nSPS) is 24.8. The highest BCUT2D eigenvalue weighted by molar-refractivity contribution is 7.09. The molecule has 5 heteroatoms. The minimum atomic E-state index is -0.440. The molecule has 0 amide bonds. The van der Waals surface area contributed by atoms with Gasteiger partial charge in [-0.2, -0.15) is 0 Å². The number of aliphatic hydroxyl groups excluding tert-OH is 1. The summed E-state index contributed by atoms with van der Waals surface area (Å²) in [7, 11) is 0. The van der Waals surface area contributed by atoms with Crippen LogP contribution in [0.15, 0.2) is 5.38 Å². The number of hydrogen-bond donors (Lipinski definition) is 2. The van der Waals surface area contributed by atoms with E-state index in [0.717, 1.165) is 23.7 Å². The van der Waals surface area contributed by atoms with Gasteiger partial charge in [-0.25, -0.2) is 4.98 Å². The molecule has 114 valence electrons. The minimum absolute atomic E-state index is 0.333. The van der Waals surface area contributed by atoms with Gasteiger partial charge in [0.2, 0.25) is 0 Å². The number of aryl methyl sites for hydroxylation is 1. The first-order chi connectivity index (χ1) is 9.65. The highest BCUT2D eigenvalue weighted by atomic mass is 32.1. The molecule has 0 aliphatic heterocycles. The van der Waals surface area contributed by atoms with E-state index in [4.69, 9.17) is 4.74 Å². The van der Waals surface area contributed by atoms with Crippen molar-refractivity contribution in [2.45, 2.75) is 58.3 Å². The summed E-state index contributed by atoms with van der Waals surface area (Å²) in [4.78, 5) is 4.38. The summed E-state index contributed by atoms with van der Waals surface area (Å²) in [5, 5.41) is 16.3. The largest absolute Gasteiger partial charge is 0.389 e. The third kappa shape index (κ3) is 5.13. The van der Waals surface area contributed by atoms with E-state index >= 15 is 0 Å². The topological polar surface area (TPSA) is 54.4 Å². The zero-order valence-electron chi connectivity index (χ0n) is 12.5. The van der Waals surface area contributed by atoms with Crippen LogP contribution in [-0.4, -0.2) is 35.5 Å². The van der Waals surface area contributed by atoms with E-state index in [0.29, 0.717) is 25.2 Å². The smallest absolute Gasteiger partial charge is 0.107 e. The molecule has 3 unspecified atom stereocenters. The molecule has 2 rings (SSSR count). The Morgan fingerprint density at radius 3 is 3.00 bits per heavy atom. The lowest BCUT2D eigenvalue weighted by atomic mass is 9.88. The third-order valence-electron chi connectivity index (χ3n) is 3.86. The number of nitrogens with zero attached hydrogens (tertiary/aromatic N) is 1. The summed E-state index contributed by atoms with van der Waals surface area (Å²) < 4.78 is 5.86. The molecule has 1 fully saturated rings. The maximum atomic E-state index is 9.94. The van der Waals surface area contributed by atoms with Gasteiger partial charge in [-0.1, -0.05) is 19.8 Å². The SMILES string of the molecule is Cc1csc(CNCC(O)COC2CCCCC2C)n1. The van der Waals surface area contributed by atoms with Gasteiger partial charge < -0.3 is 15.2 Å². The van der Waals surface area contributed by atoms with Crippen molar-refractivity contribution in [2.24, 2.45) is 5.92 Å². The van der Waals surface area contributed by atoms with Crippen LogP contribution >= 0.6 is 11.3 Å². The van der Waals surface area contributed by atoms with E-state index in [1.807, 2.05) is 12.3 Å². The van der Waals surface area contributed by atoms with Crippen molar-refractivity contribution in [3.63, 3.8) is 0 Å². The fourth-order valence-electron chi connectivity index (χ4n) is 2.65. The monoisotopic (exact) mass is 298 g/mol. The molecule has 1 aliphatic rings. The van der Waals surface area contributed by atoms with Crippen LogP contribution in [0.5, 0.6) is 0 Å². The predicted octanol–water partition coefficient (Wildman–Crippen LogP) is 2.50. The van der Waals surface area contributed by atoms with Crippen LogP contribution in [0, 0.1) is 12.8 Å². The zero-order valence-corrected chi connectivity index (χ0v) is 13.3. The molecule has 1 saturated carbocycles. The van der Waals surface area contributed by atoms with Gasteiger partial charge >= 0.3 is 0 Å². The van der Waals surface area contributed by atoms with E-state index in [-0.39, 0.29) is 0 Å². The first-order valence-electron chi connectivity index (χ1n) is 7.56. The van der Waals surface area contributed by atoms with Crippen molar-refractivity contribution in [3.8, 4) is 0 Å². The molecule has 1 aromatic heterocycles. The average molecular weight is 298 g/mol. The predicted molar refractivity (Wildman–Crippen MR) is 81.9 cm³/mol. The molecule has 1 heterocycles. The van der Waals surface area contributed by atoms with Crippen LogP contribution in [0.4, 0.5) is 0 Å². The van der Waals surface area contributed by atoms with Crippen molar-refractivity contribution in [2.75, 3.05) is 13.2 Å². The molecule has 3 atom stereocenters. The number of ether oxygens (including phenoxy) is 1. The molecule has 1 aliphatic carbocycles. The van der Waals surface area contributed by atoms with Crippen molar-refractivity contribution < 1.29 is 9.84 Å². The van der Waals surface area contributed by atoms with Gasteiger partial charge in [0.05, 0.1) is 18.8 Å². The molecular formula is C15H26N2O2S. The Kier molecular flexibility index (Phi) is 6.42. The number of hydrogen-bond acceptors (Lipinski definition) is 5. The molecule has 20 heavy (non-hydrogen) atoms. The molecule has 0 spiro atoms. The highest BCUT2D eigenvalue weighted by Gasteiger charge is 2.22. The zero-order chi connectivity index (χ0) is 14.4. The highest BCUT2D eigenvalue weighted by Crippen LogP contribution is 2.26. The van der Waals surface area contributed by atoms with Crippen molar-refractivity contribution in [1.29, 1.82) is 0 Å². The minimum Gasteiger partial charge on any atom is -0.389 e. The van der Waals surface area contributed by atoms with Crippen LogP contribution < -0.4 is 5.32 Å². The van der Waals surface area contributed by atoms with E-state index in [9.17, 15) is 5.11 Å². The number of aromatic nitrogens is 1. The van der Waals surface area contributed by atoms with E-state index < -0.39 is 6.10 Å². The Morgan fingerprint density at radius 2 is 2.30 bits per heavy atom. The summed E-state index contributed by atoms with van der Waals surface area (Å²) in [6.07, 6.45) is 4.86. The van der Waals surface area contributed by atoms with Crippen molar-refractivity contribution in [3.05, 3.63) is 16.1 Å². The summed E-state index contributed by atoms with van der Waals surface area (Å²) in [5.74, 6) is 0.627. The lowest BCUT2D eigenvalue weighted by molar-refractivity contribution is -0.0452. The van der Waals surface area contributed by atoms with E-state index in [2.05, 4.69) is 17.2 Å². The Hall–Kier alpha value is -0.490. The summed E-state index contributed by atoms with van der Waals surface area (Å²) in [6, 6.07) is 0. The fraction of sp³-hybridized carbons (Fsp3) is 0.800. The average Bonchev–Trinajstić information content (AvgIpc) is 2.83. The summed E-state index contributed by atoms with van der Waals surface area (Å²) in [6.45, 7) is 5.95. The molecule has 0 aromatic carbocycles. The Bertz CT molecular complexity index is 397. The molecule has 2 N–H and O–H groups in total. The van der Waals surface area contributed by atoms with Gasteiger partial charge in [0.15, 0.2) is 0 Å². The second-order valence-electron chi connectivity index (χ2n) is 5.80. The number of nitrogens with one attached hydrogen (secondary N) is 1. The fourth-order valence-corrected chi connectivity index (χ4v) is 3.39. The first-order valence-corrected chi connectivity index (χ1v) is 8.44. The van der Waals surface area contributed by atoms with Crippen LogP contribution in [0.1, 0.15) is 43.3 Å². The molecule has 1 aromatic rings. The maximum Gasteiger partial charge on any atom is 0.107 e. The van der Waals surface area contributed by atoms with Crippen molar-refractivity contribution in [1.82, 2.24) is 10.3 Å². The van der Waals surface area contributed by atoms with Gasteiger partial charge in [-0.15, -0.1) is 11.3 Å². The summed E-state index contributed by atoms with van der Waals surface area (Å²) in [5.41, 5.74) is 1.06. The standard InChI is InChI=1S/C15H26N2O2S/c1-11-5-3-4-6-14(11)19-9-13(18)7-16-8-15-17-12(2)10-20-15/h10-11,13-14,16,18H,3-9H2,1-2H3. The molecule has 4 nitrogen and oxygen atoms in total. The maximum absolute atomic E-state index is 9.94. The van der Waals surface area contributed by atoms with Crippen LogP contribution in [0.2, 0.25) is 0 Å². The summed E-state index contributed by atoms with van der Waals surface area (Å²) >= 11 is 1.65. The Morgan fingerprint density at radius 1 is 1.50 bits per heavy atom.